The van der Waals surface area contributed by atoms with Gasteiger partial charge >= 0.3 is 0 Å². The van der Waals surface area contributed by atoms with Crippen molar-refractivity contribution < 1.29 is 13.5 Å². The summed E-state index contributed by atoms with van der Waals surface area (Å²) >= 11 is 3.19. The SMILES string of the molecule is N#Cc1cccc(S(=O)(=O)Nc2cc(Br)ccc2O)c1. The van der Waals surface area contributed by atoms with Gasteiger partial charge in [-0.15, -0.1) is 0 Å². The van der Waals surface area contributed by atoms with Gasteiger partial charge in [-0.05, 0) is 36.4 Å². The number of halogens is 1. The molecule has 0 spiro atoms. The first kappa shape index (κ1) is 14.4. The standard InChI is InChI=1S/C13H9BrN2O3S/c14-10-4-5-13(17)12(7-10)16-20(18,19)11-3-1-2-9(6-11)8-15/h1-7,16-17H. The molecule has 2 aromatic carbocycles. The second kappa shape index (κ2) is 5.53. The van der Waals surface area contributed by atoms with Gasteiger partial charge in [-0.2, -0.15) is 5.26 Å². The van der Waals surface area contributed by atoms with Crippen LogP contribution in [0, 0.1) is 11.3 Å². The van der Waals surface area contributed by atoms with Crippen LogP contribution in [0.5, 0.6) is 5.75 Å². The minimum absolute atomic E-state index is 0.0454. The predicted octanol–water partition coefficient (Wildman–Crippen LogP) is 2.83. The van der Waals surface area contributed by atoms with E-state index >= 15 is 0 Å². The molecule has 102 valence electrons. The van der Waals surface area contributed by atoms with Crippen molar-refractivity contribution in [3.05, 3.63) is 52.5 Å². The molecule has 0 fully saturated rings. The molecule has 0 unspecified atom stereocenters. The lowest BCUT2D eigenvalue weighted by Crippen LogP contribution is -2.13. The molecule has 0 amide bonds. The van der Waals surface area contributed by atoms with Gasteiger partial charge in [-0.25, -0.2) is 8.42 Å². The number of nitrogens with one attached hydrogen (secondary N) is 1. The maximum atomic E-state index is 12.2. The summed E-state index contributed by atoms with van der Waals surface area (Å²) in [6.07, 6.45) is 0. The number of nitriles is 1. The molecule has 0 saturated carbocycles. The number of benzene rings is 2. The first-order chi connectivity index (χ1) is 9.42. The number of anilines is 1. The normalized spacial score (nSPS) is 10.8. The van der Waals surface area contributed by atoms with Gasteiger partial charge in [0.15, 0.2) is 0 Å². The zero-order valence-corrected chi connectivity index (χ0v) is 12.4. The van der Waals surface area contributed by atoms with Crippen LogP contribution in [-0.4, -0.2) is 13.5 Å². The highest BCUT2D eigenvalue weighted by molar-refractivity contribution is 9.10. The fraction of sp³-hybridized carbons (Fsp3) is 0. The van der Waals surface area contributed by atoms with Gasteiger partial charge in [0, 0.05) is 4.47 Å². The number of hydrogen-bond donors (Lipinski definition) is 2. The Morgan fingerprint density at radius 2 is 1.95 bits per heavy atom. The number of hydrogen-bond acceptors (Lipinski definition) is 4. The molecule has 0 saturated heterocycles. The van der Waals surface area contributed by atoms with Crippen LogP contribution in [0.1, 0.15) is 5.56 Å². The molecule has 2 aromatic rings. The summed E-state index contributed by atoms with van der Waals surface area (Å²) in [4.78, 5) is -0.0454. The average molecular weight is 353 g/mol. The Morgan fingerprint density at radius 1 is 1.20 bits per heavy atom. The molecular formula is C13H9BrN2O3S. The van der Waals surface area contributed by atoms with E-state index < -0.39 is 10.0 Å². The van der Waals surface area contributed by atoms with Gasteiger partial charge in [0.25, 0.3) is 10.0 Å². The minimum atomic E-state index is -3.87. The van der Waals surface area contributed by atoms with Crippen LogP contribution in [-0.2, 0) is 10.0 Å². The van der Waals surface area contributed by atoms with Gasteiger partial charge in [-0.1, -0.05) is 22.0 Å². The summed E-state index contributed by atoms with van der Waals surface area (Å²) in [5.74, 6) is -0.187. The Balaban J connectivity index is 2.41. The number of phenolic OH excluding ortho intramolecular Hbond substituents is 1. The van der Waals surface area contributed by atoms with E-state index in [0.717, 1.165) is 0 Å². The monoisotopic (exact) mass is 352 g/mol. The van der Waals surface area contributed by atoms with Crippen LogP contribution in [0.15, 0.2) is 51.8 Å². The van der Waals surface area contributed by atoms with Crippen molar-refractivity contribution in [3.8, 4) is 11.8 Å². The molecule has 0 aliphatic carbocycles. The van der Waals surface area contributed by atoms with Gasteiger partial charge < -0.3 is 5.11 Å². The average Bonchev–Trinajstić information content (AvgIpc) is 2.43. The summed E-state index contributed by atoms with van der Waals surface area (Å²) in [5, 5.41) is 18.4. The molecule has 0 atom stereocenters. The predicted molar refractivity (Wildman–Crippen MR) is 77.8 cm³/mol. The zero-order valence-electron chi connectivity index (χ0n) is 10.0. The van der Waals surface area contributed by atoms with Crippen LogP contribution in [0.3, 0.4) is 0 Å². The van der Waals surface area contributed by atoms with Crippen LogP contribution in [0.4, 0.5) is 5.69 Å². The minimum Gasteiger partial charge on any atom is -0.506 e. The molecule has 0 heterocycles. The van der Waals surface area contributed by atoms with E-state index in [9.17, 15) is 13.5 Å². The van der Waals surface area contributed by atoms with Crippen molar-refractivity contribution in [2.75, 3.05) is 4.72 Å². The molecule has 0 radical (unpaired) electrons. The molecule has 2 N–H and O–H groups in total. The smallest absolute Gasteiger partial charge is 0.262 e. The second-order valence-corrected chi connectivity index (χ2v) is 6.50. The Kier molecular flexibility index (Phi) is 3.97. The van der Waals surface area contributed by atoms with E-state index in [1.54, 1.807) is 6.07 Å². The quantitative estimate of drug-likeness (QED) is 0.831. The number of nitrogens with zero attached hydrogens (tertiary/aromatic N) is 1. The molecule has 0 aromatic heterocycles. The van der Waals surface area contributed by atoms with E-state index in [4.69, 9.17) is 5.26 Å². The number of aromatic hydroxyl groups is 1. The highest BCUT2D eigenvalue weighted by Gasteiger charge is 2.16. The molecule has 0 bridgehead atoms. The third-order valence-corrected chi connectivity index (χ3v) is 4.33. The van der Waals surface area contributed by atoms with Crippen molar-refractivity contribution in [2.24, 2.45) is 0 Å². The fourth-order valence-electron chi connectivity index (χ4n) is 1.53. The lowest BCUT2D eigenvalue weighted by molar-refractivity contribution is 0.477. The second-order valence-electron chi connectivity index (χ2n) is 3.91. The Hall–Kier alpha value is -2.04. The molecule has 0 aliphatic heterocycles. The highest BCUT2D eigenvalue weighted by Crippen LogP contribution is 2.29. The van der Waals surface area contributed by atoms with Crippen LogP contribution < -0.4 is 4.72 Å². The zero-order chi connectivity index (χ0) is 14.8. The summed E-state index contributed by atoms with van der Waals surface area (Å²) < 4.78 is 27.3. The number of phenols is 1. The Morgan fingerprint density at radius 3 is 2.65 bits per heavy atom. The number of sulfonamides is 1. The third-order valence-electron chi connectivity index (χ3n) is 2.48. The molecule has 0 aliphatic rings. The van der Waals surface area contributed by atoms with E-state index in [-0.39, 0.29) is 21.9 Å². The highest BCUT2D eigenvalue weighted by atomic mass is 79.9. The maximum absolute atomic E-state index is 12.2. The van der Waals surface area contributed by atoms with Gasteiger partial charge in [0.2, 0.25) is 0 Å². The Bertz CT molecular complexity index is 798. The van der Waals surface area contributed by atoms with Gasteiger partial charge in [-0.3, -0.25) is 4.72 Å². The third kappa shape index (κ3) is 3.10. The first-order valence-corrected chi connectivity index (χ1v) is 7.71. The van der Waals surface area contributed by atoms with Crippen molar-refractivity contribution in [1.82, 2.24) is 0 Å². The van der Waals surface area contributed by atoms with Gasteiger partial charge in [0.05, 0.1) is 22.2 Å². The molecule has 2 rings (SSSR count). The lowest BCUT2D eigenvalue weighted by Gasteiger charge is -2.10. The molecule has 20 heavy (non-hydrogen) atoms. The molecular weight excluding hydrogens is 344 g/mol. The van der Waals surface area contributed by atoms with Gasteiger partial charge in [0.1, 0.15) is 5.75 Å². The molecule has 7 heteroatoms. The fourth-order valence-corrected chi connectivity index (χ4v) is 3.00. The Labute approximate surface area is 124 Å². The topological polar surface area (TPSA) is 90.2 Å². The maximum Gasteiger partial charge on any atom is 0.262 e. The number of rotatable bonds is 3. The van der Waals surface area contributed by atoms with E-state index in [0.29, 0.717) is 4.47 Å². The van der Waals surface area contributed by atoms with Crippen LogP contribution in [0.2, 0.25) is 0 Å². The lowest BCUT2D eigenvalue weighted by atomic mass is 10.2. The molecule has 5 nitrogen and oxygen atoms in total. The van der Waals surface area contributed by atoms with E-state index in [2.05, 4.69) is 20.7 Å². The van der Waals surface area contributed by atoms with Crippen molar-refractivity contribution >= 4 is 31.6 Å². The summed E-state index contributed by atoms with van der Waals surface area (Å²) in [5.41, 5.74) is 0.299. The first-order valence-electron chi connectivity index (χ1n) is 5.44. The summed E-state index contributed by atoms with van der Waals surface area (Å²) in [7, 11) is -3.87. The van der Waals surface area contributed by atoms with Crippen LogP contribution in [0.25, 0.3) is 0 Å². The van der Waals surface area contributed by atoms with E-state index in [1.165, 1.54) is 36.4 Å². The van der Waals surface area contributed by atoms with E-state index in [1.807, 2.05) is 6.07 Å². The van der Waals surface area contributed by atoms with Crippen molar-refractivity contribution in [3.63, 3.8) is 0 Å². The van der Waals surface area contributed by atoms with Crippen LogP contribution >= 0.6 is 15.9 Å². The summed E-state index contributed by atoms with van der Waals surface area (Å²) in [6.45, 7) is 0. The largest absolute Gasteiger partial charge is 0.506 e. The van der Waals surface area contributed by atoms with Crippen molar-refractivity contribution in [1.29, 1.82) is 5.26 Å². The van der Waals surface area contributed by atoms with Crippen molar-refractivity contribution in [2.45, 2.75) is 4.90 Å². The summed E-state index contributed by atoms with van der Waals surface area (Å²) in [6, 6.07) is 11.9.